The molecule has 126 valence electrons. The molecule has 0 bridgehead atoms. The highest BCUT2D eigenvalue weighted by molar-refractivity contribution is 5.94. The van der Waals surface area contributed by atoms with Crippen LogP contribution in [0.25, 0.3) is 0 Å². The molecule has 1 aliphatic heterocycles. The van der Waals surface area contributed by atoms with Gasteiger partial charge in [0.1, 0.15) is 12.4 Å². The van der Waals surface area contributed by atoms with Crippen molar-refractivity contribution in [2.24, 2.45) is 5.73 Å². The van der Waals surface area contributed by atoms with Crippen LogP contribution in [0.4, 0.5) is 0 Å². The van der Waals surface area contributed by atoms with Gasteiger partial charge in [-0.15, -0.1) is 0 Å². The maximum absolute atomic E-state index is 12.5. The standard InChI is InChI=1S/C19H22N2O3/c20-13-17-12-16(19(22)21-8-10-23-11-9-21)6-7-18(17)24-14-15-4-2-1-3-5-15/h1-7,12H,8-11,13-14,20H2. The quantitative estimate of drug-likeness (QED) is 0.915. The monoisotopic (exact) mass is 326 g/mol. The Morgan fingerprint density at radius 3 is 2.58 bits per heavy atom. The molecule has 1 aliphatic rings. The van der Waals surface area contributed by atoms with E-state index in [1.54, 1.807) is 6.07 Å². The molecule has 0 atom stereocenters. The molecule has 1 saturated heterocycles. The molecule has 5 nitrogen and oxygen atoms in total. The van der Waals surface area contributed by atoms with Crippen molar-refractivity contribution in [3.8, 4) is 5.75 Å². The molecule has 2 aromatic rings. The minimum atomic E-state index is 0.0163. The van der Waals surface area contributed by atoms with Gasteiger partial charge in [0.15, 0.2) is 0 Å². The number of hydrogen-bond acceptors (Lipinski definition) is 4. The average molecular weight is 326 g/mol. The normalized spacial score (nSPS) is 14.5. The molecule has 0 spiro atoms. The number of ether oxygens (including phenoxy) is 2. The van der Waals surface area contributed by atoms with E-state index in [2.05, 4.69) is 0 Å². The molecule has 0 unspecified atom stereocenters. The van der Waals surface area contributed by atoms with Crippen molar-refractivity contribution in [2.45, 2.75) is 13.2 Å². The first-order valence-electron chi connectivity index (χ1n) is 8.14. The van der Waals surface area contributed by atoms with Gasteiger partial charge in [-0.25, -0.2) is 0 Å². The van der Waals surface area contributed by atoms with Crippen LogP contribution in [0.1, 0.15) is 21.5 Å². The molecule has 0 aromatic heterocycles. The molecular formula is C19H22N2O3. The number of carbonyl (C=O) groups is 1. The van der Waals surface area contributed by atoms with Crippen molar-refractivity contribution < 1.29 is 14.3 Å². The molecule has 0 saturated carbocycles. The number of carbonyl (C=O) groups excluding carboxylic acids is 1. The van der Waals surface area contributed by atoms with Crippen LogP contribution in [-0.2, 0) is 17.9 Å². The molecule has 0 radical (unpaired) electrons. The maximum atomic E-state index is 12.5. The third kappa shape index (κ3) is 3.93. The highest BCUT2D eigenvalue weighted by Crippen LogP contribution is 2.22. The van der Waals surface area contributed by atoms with E-state index in [1.165, 1.54) is 0 Å². The van der Waals surface area contributed by atoms with Crippen molar-refractivity contribution in [1.82, 2.24) is 4.90 Å². The van der Waals surface area contributed by atoms with Crippen molar-refractivity contribution >= 4 is 5.91 Å². The van der Waals surface area contributed by atoms with Crippen molar-refractivity contribution in [3.05, 3.63) is 65.2 Å². The first-order chi connectivity index (χ1) is 11.8. The second kappa shape index (κ2) is 7.95. The number of hydrogen-bond donors (Lipinski definition) is 1. The fourth-order valence-corrected chi connectivity index (χ4v) is 2.70. The Morgan fingerprint density at radius 2 is 1.88 bits per heavy atom. The zero-order valence-corrected chi connectivity index (χ0v) is 13.6. The molecule has 5 heteroatoms. The second-order valence-electron chi connectivity index (χ2n) is 5.71. The van der Waals surface area contributed by atoms with Gasteiger partial charge < -0.3 is 20.1 Å². The number of rotatable bonds is 5. The summed E-state index contributed by atoms with van der Waals surface area (Å²) >= 11 is 0. The predicted molar refractivity (Wildman–Crippen MR) is 91.8 cm³/mol. The largest absolute Gasteiger partial charge is 0.489 e. The average Bonchev–Trinajstić information content (AvgIpc) is 2.67. The Kier molecular flexibility index (Phi) is 5.46. The summed E-state index contributed by atoms with van der Waals surface area (Å²) in [5.74, 6) is 0.738. The first kappa shape index (κ1) is 16.5. The van der Waals surface area contributed by atoms with Crippen LogP contribution in [0.2, 0.25) is 0 Å². The minimum Gasteiger partial charge on any atom is -0.489 e. The third-order valence-corrected chi connectivity index (χ3v) is 4.06. The number of nitrogens with zero attached hydrogens (tertiary/aromatic N) is 1. The lowest BCUT2D eigenvalue weighted by Gasteiger charge is -2.27. The summed E-state index contributed by atoms with van der Waals surface area (Å²) in [5, 5.41) is 0. The number of amides is 1. The maximum Gasteiger partial charge on any atom is 0.254 e. The Labute approximate surface area is 142 Å². The second-order valence-corrected chi connectivity index (χ2v) is 5.71. The summed E-state index contributed by atoms with van der Waals surface area (Å²) in [6.07, 6.45) is 0. The molecule has 1 amide bonds. The van der Waals surface area contributed by atoms with E-state index in [9.17, 15) is 4.79 Å². The zero-order valence-electron chi connectivity index (χ0n) is 13.6. The van der Waals surface area contributed by atoms with Crippen LogP contribution < -0.4 is 10.5 Å². The summed E-state index contributed by atoms with van der Waals surface area (Å²) in [6.45, 7) is 3.24. The fourth-order valence-electron chi connectivity index (χ4n) is 2.70. The lowest BCUT2D eigenvalue weighted by atomic mass is 10.1. The summed E-state index contributed by atoms with van der Waals surface area (Å²) < 4.78 is 11.2. The highest BCUT2D eigenvalue weighted by Gasteiger charge is 2.19. The van der Waals surface area contributed by atoms with E-state index < -0.39 is 0 Å². The minimum absolute atomic E-state index is 0.0163. The first-order valence-corrected chi connectivity index (χ1v) is 8.14. The molecule has 3 rings (SSSR count). The van der Waals surface area contributed by atoms with Gasteiger partial charge >= 0.3 is 0 Å². The topological polar surface area (TPSA) is 64.8 Å². The van der Waals surface area contributed by atoms with E-state index in [1.807, 2.05) is 47.4 Å². The van der Waals surface area contributed by atoms with Crippen LogP contribution in [0.15, 0.2) is 48.5 Å². The van der Waals surface area contributed by atoms with Gasteiger partial charge in [0.05, 0.1) is 13.2 Å². The molecule has 2 aromatic carbocycles. The van der Waals surface area contributed by atoms with Crippen LogP contribution in [0.5, 0.6) is 5.75 Å². The Balaban J connectivity index is 1.71. The molecule has 2 N–H and O–H groups in total. The van der Waals surface area contributed by atoms with E-state index >= 15 is 0 Å². The number of nitrogens with two attached hydrogens (primary N) is 1. The summed E-state index contributed by atoms with van der Waals surface area (Å²) in [4.78, 5) is 14.4. The van der Waals surface area contributed by atoms with E-state index in [0.717, 1.165) is 16.9 Å². The number of benzene rings is 2. The van der Waals surface area contributed by atoms with Crippen LogP contribution in [0, 0.1) is 0 Å². The molecule has 1 fully saturated rings. The lowest BCUT2D eigenvalue weighted by Crippen LogP contribution is -2.40. The summed E-state index contributed by atoms with van der Waals surface area (Å²) in [7, 11) is 0. The zero-order chi connectivity index (χ0) is 16.8. The summed E-state index contributed by atoms with van der Waals surface area (Å²) in [6, 6.07) is 15.4. The third-order valence-electron chi connectivity index (χ3n) is 4.06. The lowest BCUT2D eigenvalue weighted by molar-refractivity contribution is 0.0303. The SMILES string of the molecule is NCc1cc(C(=O)N2CCOCC2)ccc1OCc1ccccc1. The van der Waals surface area contributed by atoms with Gasteiger partial charge in [0.25, 0.3) is 5.91 Å². The molecule has 24 heavy (non-hydrogen) atoms. The smallest absolute Gasteiger partial charge is 0.254 e. The summed E-state index contributed by atoms with van der Waals surface area (Å²) in [5.41, 5.74) is 8.41. The van der Waals surface area contributed by atoms with E-state index in [0.29, 0.717) is 45.0 Å². The van der Waals surface area contributed by atoms with Gasteiger partial charge in [-0.05, 0) is 23.8 Å². The van der Waals surface area contributed by atoms with Gasteiger partial charge in [-0.3, -0.25) is 4.79 Å². The van der Waals surface area contributed by atoms with Crippen LogP contribution >= 0.6 is 0 Å². The molecule has 1 heterocycles. The number of morpholine rings is 1. The molecule has 0 aliphatic carbocycles. The van der Waals surface area contributed by atoms with Crippen molar-refractivity contribution in [3.63, 3.8) is 0 Å². The van der Waals surface area contributed by atoms with Crippen molar-refractivity contribution in [2.75, 3.05) is 26.3 Å². The van der Waals surface area contributed by atoms with Gasteiger partial charge in [-0.2, -0.15) is 0 Å². The van der Waals surface area contributed by atoms with Crippen LogP contribution in [-0.4, -0.2) is 37.1 Å². The van der Waals surface area contributed by atoms with E-state index in [-0.39, 0.29) is 5.91 Å². The highest BCUT2D eigenvalue weighted by atomic mass is 16.5. The van der Waals surface area contributed by atoms with Gasteiger partial charge in [-0.1, -0.05) is 30.3 Å². The molecular weight excluding hydrogens is 304 g/mol. The van der Waals surface area contributed by atoms with Gasteiger partial charge in [0.2, 0.25) is 0 Å². The fraction of sp³-hybridized carbons (Fsp3) is 0.316. The van der Waals surface area contributed by atoms with Crippen LogP contribution in [0.3, 0.4) is 0 Å². The Hall–Kier alpha value is -2.37. The predicted octanol–water partition coefficient (Wildman–Crippen LogP) is 2.20. The van der Waals surface area contributed by atoms with Gasteiger partial charge in [0, 0.05) is 30.8 Å². The Morgan fingerprint density at radius 1 is 1.12 bits per heavy atom. The Bertz CT molecular complexity index is 682. The van der Waals surface area contributed by atoms with Crippen molar-refractivity contribution in [1.29, 1.82) is 0 Å². The van der Waals surface area contributed by atoms with E-state index in [4.69, 9.17) is 15.2 Å².